The van der Waals surface area contributed by atoms with Crippen LogP contribution >= 0.6 is 12.2 Å². The van der Waals surface area contributed by atoms with Gasteiger partial charge in [0.25, 0.3) is 5.91 Å². The topological polar surface area (TPSA) is 81.7 Å². The molecular formula is C28H26F3N3O3S. The van der Waals surface area contributed by atoms with Crippen molar-refractivity contribution in [3.63, 3.8) is 0 Å². The first kappa shape index (κ1) is 27.1. The second-order valence-electron chi connectivity index (χ2n) is 9.07. The molecule has 4 rings (SSSR count). The molecule has 0 aromatic heterocycles. The Morgan fingerprint density at radius 2 is 1.68 bits per heavy atom. The van der Waals surface area contributed by atoms with Gasteiger partial charge in [-0.3, -0.25) is 4.79 Å². The number of anilines is 2. The summed E-state index contributed by atoms with van der Waals surface area (Å²) in [5, 5.41) is 15.5. The number of alkyl halides is 3. The number of hydrogen-bond acceptors (Lipinski definition) is 3. The first-order valence-corrected chi connectivity index (χ1v) is 12.5. The van der Waals surface area contributed by atoms with E-state index in [1.54, 1.807) is 18.2 Å². The number of amides is 1. The molecule has 1 heterocycles. The summed E-state index contributed by atoms with van der Waals surface area (Å²) in [5.74, 6) is -1.29. The van der Waals surface area contributed by atoms with Crippen molar-refractivity contribution in [1.29, 1.82) is 0 Å². The maximum absolute atomic E-state index is 13.0. The Kier molecular flexibility index (Phi) is 7.73. The van der Waals surface area contributed by atoms with Gasteiger partial charge >= 0.3 is 12.1 Å². The molecule has 38 heavy (non-hydrogen) atoms. The van der Waals surface area contributed by atoms with Crippen LogP contribution in [0.1, 0.15) is 54.2 Å². The summed E-state index contributed by atoms with van der Waals surface area (Å²) in [6.45, 7) is 3.73. The Labute approximate surface area is 223 Å². The van der Waals surface area contributed by atoms with E-state index in [2.05, 4.69) is 10.6 Å². The van der Waals surface area contributed by atoms with Gasteiger partial charge in [0.2, 0.25) is 0 Å². The van der Waals surface area contributed by atoms with E-state index in [4.69, 9.17) is 12.2 Å². The first-order chi connectivity index (χ1) is 18.0. The van der Waals surface area contributed by atoms with Crippen LogP contribution in [0.15, 0.2) is 66.7 Å². The highest BCUT2D eigenvalue weighted by Crippen LogP contribution is 2.38. The highest BCUT2D eigenvalue weighted by Gasteiger charge is 2.41. The zero-order chi connectivity index (χ0) is 27.6. The molecule has 0 saturated heterocycles. The number of carboxylic acid groups (broad SMARTS) is 1. The highest BCUT2D eigenvalue weighted by molar-refractivity contribution is 7.80. The number of carbonyl (C=O) groups is 2. The molecule has 0 bridgehead atoms. The Bertz CT molecular complexity index is 1380. The largest absolute Gasteiger partial charge is 0.480 e. The maximum atomic E-state index is 13.0. The number of hydrogen-bond donors (Lipinski definition) is 3. The van der Waals surface area contributed by atoms with Crippen molar-refractivity contribution >= 4 is 40.6 Å². The molecule has 10 heteroatoms. The third-order valence-electron chi connectivity index (χ3n) is 6.49. The van der Waals surface area contributed by atoms with Gasteiger partial charge in [-0.2, -0.15) is 13.2 Å². The Hall–Kier alpha value is -3.92. The average molecular weight is 542 g/mol. The second-order valence-corrected chi connectivity index (χ2v) is 9.48. The monoisotopic (exact) mass is 541 g/mol. The molecule has 3 aromatic rings. The molecular weight excluding hydrogens is 515 g/mol. The molecule has 0 aliphatic carbocycles. The second kappa shape index (κ2) is 10.8. The number of aliphatic carboxylic acids is 1. The van der Waals surface area contributed by atoms with Crippen molar-refractivity contribution in [1.82, 2.24) is 4.90 Å². The third-order valence-corrected chi connectivity index (χ3v) is 6.69. The number of rotatable bonds is 7. The van der Waals surface area contributed by atoms with Gasteiger partial charge in [-0.15, -0.1) is 0 Å². The Balaban J connectivity index is 1.47. The molecule has 1 amide bonds. The fourth-order valence-corrected chi connectivity index (χ4v) is 4.86. The fraction of sp³-hybridized carbons (Fsp3) is 0.250. The summed E-state index contributed by atoms with van der Waals surface area (Å²) in [5.41, 5.74) is 3.11. The smallest absolute Gasteiger partial charge is 0.416 e. The van der Waals surface area contributed by atoms with Crippen molar-refractivity contribution in [2.45, 2.75) is 44.9 Å². The summed E-state index contributed by atoms with van der Waals surface area (Å²) >= 11 is 5.25. The molecule has 198 valence electrons. The molecule has 2 atom stereocenters. The van der Waals surface area contributed by atoms with Crippen LogP contribution < -0.4 is 10.6 Å². The number of thiocarbonyl (C=S) groups is 1. The molecule has 1 unspecified atom stereocenters. The van der Waals surface area contributed by atoms with Gasteiger partial charge in [0.05, 0.1) is 11.6 Å². The standard InChI is InChI=1S/C28H26F3N3O3S/c1-3-5-24(26(36)37)34-16(2)23-14-18(10-13-22(23)25(34)35)17-8-11-20(12-9-17)32-27(38)33-21-7-4-6-19(15-21)28(29,30)31/h4,6-16,24H,3,5H2,1-2H3,(H,36,37)(H2,32,33,38)/t16-,24?/m0/s1. The quantitative estimate of drug-likeness (QED) is 0.281. The van der Waals surface area contributed by atoms with Crippen LogP contribution in [0.3, 0.4) is 0 Å². The number of nitrogens with zero attached hydrogens (tertiary/aromatic N) is 1. The lowest BCUT2D eigenvalue weighted by Gasteiger charge is -2.28. The lowest BCUT2D eigenvalue weighted by molar-refractivity contribution is -0.143. The van der Waals surface area contributed by atoms with Crippen LogP contribution in [-0.4, -0.2) is 33.0 Å². The summed E-state index contributed by atoms with van der Waals surface area (Å²) in [6, 6.07) is 16.3. The Morgan fingerprint density at radius 1 is 1.03 bits per heavy atom. The van der Waals surface area contributed by atoms with Crippen LogP contribution in [0.5, 0.6) is 0 Å². The van der Waals surface area contributed by atoms with Gasteiger partial charge in [-0.1, -0.05) is 37.6 Å². The highest BCUT2D eigenvalue weighted by atomic mass is 32.1. The van der Waals surface area contributed by atoms with E-state index in [-0.39, 0.29) is 22.7 Å². The minimum atomic E-state index is -4.45. The summed E-state index contributed by atoms with van der Waals surface area (Å²) < 4.78 is 38.8. The number of nitrogens with one attached hydrogen (secondary N) is 2. The van der Waals surface area contributed by atoms with Crippen LogP contribution in [0, 0.1) is 0 Å². The van der Waals surface area contributed by atoms with E-state index in [0.29, 0.717) is 24.1 Å². The summed E-state index contributed by atoms with van der Waals surface area (Å²) in [6.07, 6.45) is -3.42. The predicted molar refractivity (Wildman–Crippen MR) is 144 cm³/mol. The normalized spacial score (nSPS) is 15.7. The van der Waals surface area contributed by atoms with E-state index in [1.807, 2.05) is 38.1 Å². The number of halogens is 3. The van der Waals surface area contributed by atoms with E-state index >= 15 is 0 Å². The number of fused-ring (bicyclic) bond motifs is 1. The van der Waals surface area contributed by atoms with Gasteiger partial charge in [-0.05, 0) is 84.7 Å². The number of carboxylic acids is 1. The molecule has 3 N–H and O–H groups in total. The van der Waals surface area contributed by atoms with Gasteiger partial charge in [0, 0.05) is 16.9 Å². The molecule has 3 aromatic carbocycles. The predicted octanol–water partition coefficient (Wildman–Crippen LogP) is 6.95. The van der Waals surface area contributed by atoms with Crippen molar-refractivity contribution in [2.75, 3.05) is 10.6 Å². The van der Waals surface area contributed by atoms with Crippen molar-refractivity contribution < 1.29 is 27.9 Å². The van der Waals surface area contributed by atoms with Crippen LogP contribution in [-0.2, 0) is 11.0 Å². The van der Waals surface area contributed by atoms with E-state index < -0.39 is 23.8 Å². The van der Waals surface area contributed by atoms with Gasteiger partial charge in [0.15, 0.2) is 5.11 Å². The van der Waals surface area contributed by atoms with Gasteiger partial charge in [0.1, 0.15) is 6.04 Å². The molecule has 0 spiro atoms. The van der Waals surface area contributed by atoms with E-state index in [9.17, 15) is 27.9 Å². The zero-order valence-corrected chi connectivity index (χ0v) is 21.5. The first-order valence-electron chi connectivity index (χ1n) is 12.0. The van der Waals surface area contributed by atoms with Crippen LogP contribution in [0.25, 0.3) is 11.1 Å². The molecule has 0 fully saturated rings. The van der Waals surface area contributed by atoms with Crippen LogP contribution in [0.2, 0.25) is 0 Å². The Morgan fingerprint density at radius 3 is 2.32 bits per heavy atom. The van der Waals surface area contributed by atoms with Gasteiger partial charge in [-0.25, -0.2) is 4.79 Å². The summed E-state index contributed by atoms with van der Waals surface area (Å²) in [4.78, 5) is 26.3. The minimum Gasteiger partial charge on any atom is -0.480 e. The SMILES string of the molecule is CCCC(C(=O)O)N1C(=O)c2ccc(-c3ccc(NC(=S)Nc4cccc(C(F)(F)F)c4)cc3)cc2[C@@H]1C. The van der Waals surface area contributed by atoms with E-state index in [1.165, 1.54) is 17.0 Å². The zero-order valence-electron chi connectivity index (χ0n) is 20.7. The molecule has 1 aliphatic rings. The van der Waals surface area contributed by atoms with Crippen LogP contribution in [0.4, 0.5) is 24.5 Å². The minimum absolute atomic E-state index is 0.141. The summed E-state index contributed by atoms with van der Waals surface area (Å²) in [7, 11) is 0. The third kappa shape index (κ3) is 5.65. The van der Waals surface area contributed by atoms with Crippen molar-refractivity contribution in [2.24, 2.45) is 0 Å². The average Bonchev–Trinajstić information content (AvgIpc) is 3.11. The lowest BCUT2D eigenvalue weighted by Crippen LogP contribution is -2.42. The maximum Gasteiger partial charge on any atom is 0.416 e. The lowest BCUT2D eigenvalue weighted by atomic mass is 9.97. The fourth-order valence-electron chi connectivity index (χ4n) is 4.63. The van der Waals surface area contributed by atoms with Crippen molar-refractivity contribution in [3.8, 4) is 11.1 Å². The number of benzene rings is 3. The molecule has 1 aliphatic heterocycles. The molecule has 0 saturated carbocycles. The number of carbonyl (C=O) groups excluding carboxylic acids is 1. The van der Waals surface area contributed by atoms with Crippen molar-refractivity contribution in [3.05, 3.63) is 83.4 Å². The van der Waals surface area contributed by atoms with E-state index in [0.717, 1.165) is 28.8 Å². The van der Waals surface area contributed by atoms with Gasteiger partial charge < -0.3 is 20.6 Å². The molecule has 6 nitrogen and oxygen atoms in total. The molecule has 0 radical (unpaired) electrons.